The molecule has 0 bridgehead atoms. The third-order valence-electron chi connectivity index (χ3n) is 2.76. The second kappa shape index (κ2) is 5.86. The van der Waals surface area contributed by atoms with Crippen molar-refractivity contribution in [1.29, 1.82) is 0 Å². The van der Waals surface area contributed by atoms with Crippen molar-refractivity contribution in [2.45, 2.75) is 13.8 Å². The number of nitrogens with one attached hydrogen (secondary N) is 2. The molecule has 0 saturated carbocycles. The predicted octanol–water partition coefficient (Wildman–Crippen LogP) is 3.50. The van der Waals surface area contributed by atoms with Gasteiger partial charge in [0.1, 0.15) is 0 Å². The average Bonchev–Trinajstić information content (AvgIpc) is 2.38. The third kappa shape index (κ3) is 3.45. The molecule has 0 unspecified atom stereocenters. The lowest BCUT2D eigenvalue weighted by atomic mass is 10.2. The van der Waals surface area contributed by atoms with Crippen LogP contribution >= 0.6 is 0 Å². The molecule has 2 rings (SSSR count). The van der Waals surface area contributed by atoms with Crippen molar-refractivity contribution < 1.29 is 0 Å². The molecule has 0 saturated heterocycles. The first kappa shape index (κ1) is 12.9. The number of hydrogen-bond acceptors (Lipinski definition) is 4. The molecule has 2 aromatic carbocycles. The summed E-state index contributed by atoms with van der Waals surface area (Å²) in [5.41, 5.74) is 16.0. The van der Waals surface area contributed by atoms with Crippen LogP contribution < -0.4 is 16.7 Å². The van der Waals surface area contributed by atoms with Gasteiger partial charge < -0.3 is 5.73 Å². The van der Waals surface area contributed by atoms with E-state index in [9.17, 15) is 0 Å². The minimum Gasteiger partial charge on any atom is -0.399 e. The van der Waals surface area contributed by atoms with Gasteiger partial charge >= 0.3 is 0 Å². The zero-order valence-corrected chi connectivity index (χ0v) is 11.0. The molecule has 0 aliphatic heterocycles. The Balaban J connectivity index is 1.95. The van der Waals surface area contributed by atoms with E-state index in [1.54, 1.807) is 0 Å². The predicted molar refractivity (Wildman–Crippen MR) is 78.0 cm³/mol. The van der Waals surface area contributed by atoms with E-state index in [4.69, 9.17) is 5.73 Å². The first-order chi connectivity index (χ1) is 9.16. The third-order valence-corrected chi connectivity index (χ3v) is 2.76. The number of nitrogens with zero attached hydrogens (tertiary/aromatic N) is 2. The van der Waals surface area contributed by atoms with E-state index in [1.807, 2.05) is 56.3 Å². The zero-order valence-electron chi connectivity index (χ0n) is 11.0. The summed E-state index contributed by atoms with van der Waals surface area (Å²) < 4.78 is 0. The maximum absolute atomic E-state index is 5.68. The number of nitrogen functional groups attached to an aromatic ring is 1. The molecular formula is C14H17N5. The normalized spacial score (nSPS) is 10.6. The Labute approximate surface area is 112 Å². The first-order valence-corrected chi connectivity index (χ1v) is 6.00. The van der Waals surface area contributed by atoms with Crippen LogP contribution in [-0.2, 0) is 0 Å². The smallest absolute Gasteiger partial charge is 0.0903 e. The monoisotopic (exact) mass is 255 g/mol. The molecule has 4 N–H and O–H groups in total. The van der Waals surface area contributed by atoms with E-state index >= 15 is 0 Å². The van der Waals surface area contributed by atoms with E-state index in [0.717, 1.165) is 28.2 Å². The van der Waals surface area contributed by atoms with Gasteiger partial charge in [-0.05, 0) is 49.2 Å². The maximum Gasteiger partial charge on any atom is 0.0903 e. The van der Waals surface area contributed by atoms with Crippen molar-refractivity contribution >= 4 is 17.1 Å². The van der Waals surface area contributed by atoms with E-state index in [2.05, 4.69) is 21.3 Å². The van der Waals surface area contributed by atoms with Crippen LogP contribution in [0.4, 0.5) is 17.1 Å². The first-order valence-electron chi connectivity index (χ1n) is 6.00. The molecule has 0 amide bonds. The van der Waals surface area contributed by atoms with Gasteiger partial charge in [0.25, 0.3) is 0 Å². The standard InChI is InChI=1S/C14H17N5/c1-10-5-3-4-6-13(10)16-18-19-17-14-8-7-12(15)9-11(14)2/h3-9H,15H2,1-2H3,(H,16,19)(H,17,18). The lowest BCUT2D eigenvalue weighted by Gasteiger charge is -2.08. The van der Waals surface area contributed by atoms with Crippen molar-refractivity contribution in [3.8, 4) is 0 Å². The van der Waals surface area contributed by atoms with Crippen molar-refractivity contribution in [2.24, 2.45) is 10.3 Å². The summed E-state index contributed by atoms with van der Waals surface area (Å²) in [6.07, 6.45) is 0. The molecule has 0 fully saturated rings. The van der Waals surface area contributed by atoms with Gasteiger partial charge in [-0.15, -0.1) is 5.11 Å². The summed E-state index contributed by atoms with van der Waals surface area (Å²) in [5.74, 6) is 0. The molecule has 98 valence electrons. The number of hydrazine groups is 1. The van der Waals surface area contributed by atoms with Crippen LogP contribution in [0.25, 0.3) is 0 Å². The minimum absolute atomic E-state index is 0.740. The average molecular weight is 255 g/mol. The van der Waals surface area contributed by atoms with E-state index in [1.165, 1.54) is 0 Å². The van der Waals surface area contributed by atoms with Gasteiger partial charge in [0.05, 0.1) is 11.4 Å². The van der Waals surface area contributed by atoms with E-state index < -0.39 is 0 Å². The van der Waals surface area contributed by atoms with Crippen LogP contribution in [-0.4, -0.2) is 0 Å². The molecule has 0 aliphatic rings. The molecule has 2 aromatic rings. The van der Waals surface area contributed by atoms with Crippen LogP contribution in [0.2, 0.25) is 0 Å². The molecule has 0 heterocycles. The van der Waals surface area contributed by atoms with Crippen molar-refractivity contribution in [3.63, 3.8) is 0 Å². The van der Waals surface area contributed by atoms with Crippen molar-refractivity contribution in [3.05, 3.63) is 53.6 Å². The lowest BCUT2D eigenvalue weighted by Crippen LogP contribution is -2.14. The highest BCUT2D eigenvalue weighted by Gasteiger charge is 1.97. The van der Waals surface area contributed by atoms with E-state index in [-0.39, 0.29) is 0 Å². The van der Waals surface area contributed by atoms with Gasteiger partial charge in [-0.1, -0.05) is 23.4 Å². The summed E-state index contributed by atoms with van der Waals surface area (Å²) in [6.45, 7) is 3.96. The number of rotatable bonds is 4. The highest BCUT2D eigenvalue weighted by molar-refractivity contribution is 5.56. The van der Waals surface area contributed by atoms with Gasteiger partial charge in [0.15, 0.2) is 0 Å². The molecule has 0 spiro atoms. The maximum atomic E-state index is 5.68. The van der Waals surface area contributed by atoms with Crippen LogP contribution in [0, 0.1) is 13.8 Å². The zero-order chi connectivity index (χ0) is 13.7. The summed E-state index contributed by atoms with van der Waals surface area (Å²) in [7, 11) is 0. The van der Waals surface area contributed by atoms with Gasteiger partial charge in [-0.25, -0.2) is 5.53 Å². The van der Waals surface area contributed by atoms with Crippen molar-refractivity contribution in [1.82, 2.24) is 5.53 Å². The molecule has 0 aromatic heterocycles. The Bertz CT molecular complexity index is 592. The molecular weight excluding hydrogens is 238 g/mol. The van der Waals surface area contributed by atoms with Crippen LogP contribution in [0.1, 0.15) is 11.1 Å². The second-order valence-corrected chi connectivity index (χ2v) is 4.30. The van der Waals surface area contributed by atoms with Crippen LogP contribution in [0.3, 0.4) is 0 Å². The Morgan fingerprint density at radius 1 is 1.00 bits per heavy atom. The molecule has 0 aliphatic carbocycles. The fourth-order valence-electron chi connectivity index (χ4n) is 1.67. The highest BCUT2D eigenvalue weighted by Crippen LogP contribution is 2.18. The Morgan fingerprint density at radius 3 is 2.53 bits per heavy atom. The number of anilines is 2. The number of hydrogen-bond donors (Lipinski definition) is 3. The van der Waals surface area contributed by atoms with Gasteiger partial charge in [0.2, 0.25) is 0 Å². The number of nitrogens with two attached hydrogens (primary N) is 1. The lowest BCUT2D eigenvalue weighted by molar-refractivity contribution is 0.803. The summed E-state index contributed by atoms with van der Waals surface area (Å²) in [4.78, 5) is 0. The topological polar surface area (TPSA) is 74.8 Å². The number of benzene rings is 2. The van der Waals surface area contributed by atoms with Crippen LogP contribution in [0.5, 0.6) is 0 Å². The fraction of sp³-hybridized carbons (Fsp3) is 0.143. The Morgan fingerprint density at radius 2 is 1.79 bits per heavy atom. The SMILES string of the molecule is Cc1ccccc1N=NNNc1ccc(N)cc1C. The minimum atomic E-state index is 0.740. The molecule has 5 nitrogen and oxygen atoms in total. The largest absolute Gasteiger partial charge is 0.399 e. The molecule has 5 heteroatoms. The molecule has 19 heavy (non-hydrogen) atoms. The summed E-state index contributed by atoms with van der Waals surface area (Å²) in [6, 6.07) is 13.4. The molecule has 0 radical (unpaired) electrons. The summed E-state index contributed by atoms with van der Waals surface area (Å²) >= 11 is 0. The van der Waals surface area contributed by atoms with Gasteiger partial charge in [-0.3, -0.25) is 5.43 Å². The van der Waals surface area contributed by atoms with Crippen molar-refractivity contribution in [2.75, 3.05) is 11.2 Å². The highest BCUT2D eigenvalue weighted by atomic mass is 15.6. The second-order valence-electron chi connectivity index (χ2n) is 4.30. The Hall–Kier alpha value is -2.56. The molecule has 0 atom stereocenters. The fourth-order valence-corrected chi connectivity index (χ4v) is 1.67. The van der Waals surface area contributed by atoms with E-state index in [0.29, 0.717) is 0 Å². The van der Waals surface area contributed by atoms with Gasteiger partial charge in [0, 0.05) is 5.69 Å². The van der Waals surface area contributed by atoms with Crippen LogP contribution in [0.15, 0.2) is 52.8 Å². The van der Waals surface area contributed by atoms with Gasteiger partial charge in [-0.2, -0.15) is 0 Å². The summed E-state index contributed by atoms with van der Waals surface area (Å²) in [5, 5.41) is 7.99. The number of aryl methyl sites for hydroxylation is 2. The Kier molecular flexibility index (Phi) is 3.97. The quantitative estimate of drug-likeness (QED) is 0.444.